The molecular formula is C20H34O. The molecule has 1 heteroatoms. The smallest absolute Gasteiger partial charge is 0.126 e. The third kappa shape index (κ3) is 4.02. The number of benzene rings is 1. The quantitative estimate of drug-likeness (QED) is 0.644. The van der Waals surface area contributed by atoms with Crippen molar-refractivity contribution in [2.75, 3.05) is 0 Å². The Hall–Kier alpha value is -0.980. The van der Waals surface area contributed by atoms with E-state index in [-0.39, 0.29) is 11.5 Å². The molecule has 0 saturated heterocycles. The highest BCUT2D eigenvalue weighted by Gasteiger charge is 2.25. The lowest BCUT2D eigenvalue weighted by Gasteiger charge is -2.30. The van der Waals surface area contributed by atoms with E-state index in [1.165, 1.54) is 22.3 Å². The van der Waals surface area contributed by atoms with Crippen LogP contribution in [0.25, 0.3) is 0 Å². The van der Waals surface area contributed by atoms with Gasteiger partial charge in [0.2, 0.25) is 0 Å². The van der Waals surface area contributed by atoms with E-state index >= 15 is 0 Å². The molecule has 0 fully saturated rings. The lowest BCUT2D eigenvalue weighted by molar-refractivity contribution is 0.236. The summed E-state index contributed by atoms with van der Waals surface area (Å²) >= 11 is 0. The number of hydrogen-bond donors (Lipinski definition) is 0. The van der Waals surface area contributed by atoms with Crippen molar-refractivity contribution in [2.45, 2.75) is 92.6 Å². The van der Waals surface area contributed by atoms with Crippen molar-refractivity contribution in [3.8, 4) is 5.75 Å². The SMILES string of the molecule is CCc1cc(C(C)(C)C)c(CC)c(C(C)C)c1OC(C)C. The van der Waals surface area contributed by atoms with Crippen molar-refractivity contribution >= 4 is 0 Å². The highest BCUT2D eigenvalue weighted by atomic mass is 16.5. The fourth-order valence-corrected chi connectivity index (χ4v) is 3.08. The molecule has 0 unspecified atom stereocenters. The van der Waals surface area contributed by atoms with Crippen LogP contribution in [0.2, 0.25) is 0 Å². The molecule has 0 spiro atoms. The number of ether oxygens (including phenoxy) is 1. The molecule has 0 N–H and O–H groups in total. The van der Waals surface area contributed by atoms with Crippen molar-refractivity contribution in [1.29, 1.82) is 0 Å². The maximum absolute atomic E-state index is 6.24. The summed E-state index contributed by atoms with van der Waals surface area (Å²) in [5.41, 5.74) is 5.94. The monoisotopic (exact) mass is 290 g/mol. The molecular weight excluding hydrogens is 256 g/mol. The van der Waals surface area contributed by atoms with Crippen molar-refractivity contribution < 1.29 is 4.74 Å². The Morgan fingerprint density at radius 1 is 1.00 bits per heavy atom. The highest BCUT2D eigenvalue weighted by Crippen LogP contribution is 2.40. The van der Waals surface area contributed by atoms with Gasteiger partial charge in [0.05, 0.1) is 6.10 Å². The minimum atomic E-state index is 0.176. The van der Waals surface area contributed by atoms with E-state index in [1.807, 2.05) is 0 Å². The number of rotatable bonds is 5. The molecule has 0 heterocycles. The second-order valence-corrected chi connectivity index (χ2v) is 7.58. The standard InChI is InChI=1S/C20H34O/c1-10-15-12-17(20(7,8)9)16(11-2)18(13(3)4)19(15)21-14(5)6/h12-14H,10-11H2,1-9H3. The molecule has 1 nitrogen and oxygen atoms in total. The summed E-state index contributed by atoms with van der Waals surface area (Å²) in [6, 6.07) is 2.39. The fourth-order valence-electron chi connectivity index (χ4n) is 3.08. The van der Waals surface area contributed by atoms with Crippen LogP contribution >= 0.6 is 0 Å². The van der Waals surface area contributed by atoms with Crippen LogP contribution in [-0.4, -0.2) is 6.10 Å². The maximum Gasteiger partial charge on any atom is 0.126 e. The molecule has 1 rings (SSSR count). The minimum Gasteiger partial charge on any atom is -0.490 e. The maximum atomic E-state index is 6.24. The second kappa shape index (κ2) is 6.85. The van der Waals surface area contributed by atoms with E-state index in [9.17, 15) is 0 Å². The first-order valence-corrected chi connectivity index (χ1v) is 8.49. The third-order valence-corrected chi connectivity index (χ3v) is 3.98. The van der Waals surface area contributed by atoms with E-state index in [1.54, 1.807) is 0 Å². The lowest BCUT2D eigenvalue weighted by atomic mass is 9.77. The molecule has 0 amide bonds. The third-order valence-electron chi connectivity index (χ3n) is 3.98. The van der Waals surface area contributed by atoms with Crippen LogP contribution in [0.4, 0.5) is 0 Å². The van der Waals surface area contributed by atoms with E-state index in [0.29, 0.717) is 5.92 Å². The molecule has 1 aromatic carbocycles. The predicted molar refractivity (Wildman–Crippen MR) is 93.8 cm³/mol. The first-order valence-electron chi connectivity index (χ1n) is 8.49. The average molecular weight is 290 g/mol. The average Bonchev–Trinajstić information content (AvgIpc) is 2.35. The Labute approximate surface area is 132 Å². The summed E-state index contributed by atoms with van der Waals surface area (Å²) in [5, 5.41) is 0. The molecule has 0 radical (unpaired) electrons. The molecule has 0 aliphatic heterocycles. The van der Waals surface area contributed by atoms with Gasteiger partial charge in [-0.15, -0.1) is 0 Å². The zero-order chi connectivity index (χ0) is 16.4. The Morgan fingerprint density at radius 3 is 1.90 bits per heavy atom. The molecule has 21 heavy (non-hydrogen) atoms. The van der Waals surface area contributed by atoms with Crippen molar-refractivity contribution in [2.24, 2.45) is 0 Å². The van der Waals surface area contributed by atoms with Gasteiger partial charge in [0.15, 0.2) is 0 Å². The first kappa shape index (κ1) is 18.1. The highest BCUT2D eigenvalue weighted by molar-refractivity contribution is 5.54. The molecule has 120 valence electrons. The van der Waals surface area contributed by atoms with Gasteiger partial charge < -0.3 is 4.74 Å². The Bertz CT molecular complexity index is 476. The van der Waals surface area contributed by atoms with Crippen molar-refractivity contribution in [1.82, 2.24) is 0 Å². The van der Waals surface area contributed by atoms with Crippen LogP contribution in [0.5, 0.6) is 5.75 Å². The summed E-state index contributed by atoms with van der Waals surface area (Å²) in [7, 11) is 0. The summed E-state index contributed by atoms with van der Waals surface area (Å²) in [6.45, 7) is 20.2. The molecule has 0 saturated carbocycles. The van der Waals surface area contributed by atoms with Gasteiger partial charge in [0.25, 0.3) is 0 Å². The second-order valence-electron chi connectivity index (χ2n) is 7.58. The Kier molecular flexibility index (Phi) is 5.90. The van der Waals surface area contributed by atoms with Crippen LogP contribution in [0.15, 0.2) is 6.07 Å². The van der Waals surface area contributed by atoms with Gasteiger partial charge in [0.1, 0.15) is 5.75 Å². The predicted octanol–water partition coefficient (Wildman–Crippen LogP) is 6.02. The van der Waals surface area contributed by atoms with Crippen LogP contribution in [0, 0.1) is 0 Å². The lowest BCUT2D eigenvalue weighted by Crippen LogP contribution is -2.19. The zero-order valence-electron chi connectivity index (χ0n) is 15.6. The van der Waals surface area contributed by atoms with Crippen molar-refractivity contribution in [3.63, 3.8) is 0 Å². The fraction of sp³-hybridized carbons (Fsp3) is 0.700. The Morgan fingerprint density at radius 2 is 1.57 bits per heavy atom. The van der Waals surface area contributed by atoms with E-state index in [2.05, 4.69) is 68.4 Å². The van der Waals surface area contributed by atoms with Gasteiger partial charge in [-0.2, -0.15) is 0 Å². The molecule has 0 aliphatic carbocycles. The summed E-state index contributed by atoms with van der Waals surface area (Å²) in [4.78, 5) is 0. The van der Waals surface area contributed by atoms with Gasteiger partial charge in [-0.25, -0.2) is 0 Å². The van der Waals surface area contributed by atoms with E-state index in [0.717, 1.165) is 18.6 Å². The van der Waals surface area contributed by atoms with Crippen LogP contribution in [0.1, 0.15) is 90.5 Å². The van der Waals surface area contributed by atoms with Gasteiger partial charge in [-0.1, -0.05) is 54.5 Å². The number of aryl methyl sites for hydroxylation is 1. The van der Waals surface area contributed by atoms with Gasteiger partial charge in [-0.3, -0.25) is 0 Å². The topological polar surface area (TPSA) is 9.23 Å². The molecule has 1 aromatic rings. The molecule has 0 aromatic heterocycles. The summed E-state index contributed by atoms with van der Waals surface area (Å²) in [5.74, 6) is 1.63. The molecule has 0 atom stereocenters. The van der Waals surface area contributed by atoms with Gasteiger partial charge >= 0.3 is 0 Å². The largest absolute Gasteiger partial charge is 0.490 e. The molecule has 0 bridgehead atoms. The summed E-state index contributed by atoms with van der Waals surface area (Å²) < 4.78 is 6.24. The van der Waals surface area contributed by atoms with Crippen LogP contribution in [0.3, 0.4) is 0 Å². The van der Waals surface area contributed by atoms with Gasteiger partial charge in [-0.05, 0) is 54.7 Å². The van der Waals surface area contributed by atoms with E-state index < -0.39 is 0 Å². The minimum absolute atomic E-state index is 0.176. The molecule has 0 aliphatic rings. The first-order chi connectivity index (χ1) is 9.63. The summed E-state index contributed by atoms with van der Waals surface area (Å²) in [6.07, 6.45) is 2.31. The normalized spacial score (nSPS) is 12.3. The van der Waals surface area contributed by atoms with Gasteiger partial charge in [0, 0.05) is 5.56 Å². The zero-order valence-corrected chi connectivity index (χ0v) is 15.6. The van der Waals surface area contributed by atoms with Crippen LogP contribution in [-0.2, 0) is 18.3 Å². The van der Waals surface area contributed by atoms with Crippen molar-refractivity contribution in [3.05, 3.63) is 28.3 Å². The Balaban J connectivity index is 3.72. The van der Waals surface area contributed by atoms with E-state index in [4.69, 9.17) is 4.74 Å². The number of hydrogen-bond acceptors (Lipinski definition) is 1. The van der Waals surface area contributed by atoms with Crippen LogP contribution < -0.4 is 4.74 Å².